The van der Waals surface area contributed by atoms with Gasteiger partial charge >= 0.3 is 0 Å². The fraction of sp³-hybridized carbons (Fsp3) is 0.273. The minimum absolute atomic E-state index is 0.145. The van der Waals surface area contributed by atoms with E-state index < -0.39 is 0 Å². The molecule has 5 heteroatoms. The normalized spacial score (nSPS) is 12.6. The highest BCUT2D eigenvalue weighted by molar-refractivity contribution is 6.02. The Morgan fingerprint density at radius 3 is 2.81 bits per heavy atom. The summed E-state index contributed by atoms with van der Waals surface area (Å²) < 4.78 is 1.36. The second-order valence-corrected chi connectivity index (χ2v) is 3.60. The molecule has 0 aliphatic heterocycles. The molecule has 0 radical (unpaired) electrons. The number of nitrogens with zero attached hydrogens (tertiary/aromatic N) is 2. The molecule has 5 nitrogen and oxygen atoms in total. The summed E-state index contributed by atoms with van der Waals surface area (Å²) in [5, 5.41) is 0. The van der Waals surface area contributed by atoms with Crippen LogP contribution in [0.1, 0.15) is 13.8 Å². The summed E-state index contributed by atoms with van der Waals surface area (Å²) in [5.74, 6) is 0. The summed E-state index contributed by atoms with van der Waals surface area (Å²) in [6, 6.07) is 3.38. The number of allylic oxidation sites excluding steroid dienone is 1. The first-order chi connectivity index (χ1) is 7.56. The van der Waals surface area contributed by atoms with E-state index in [1.807, 2.05) is 13.8 Å². The number of hydrogen-bond donors (Lipinski definition) is 2. The van der Waals surface area contributed by atoms with Crippen LogP contribution < -0.4 is 17.0 Å². The van der Waals surface area contributed by atoms with Gasteiger partial charge in [0.1, 0.15) is 0 Å². The largest absolute Gasteiger partial charge is 0.403 e. The summed E-state index contributed by atoms with van der Waals surface area (Å²) in [6.07, 6.45) is 4.49. The van der Waals surface area contributed by atoms with Gasteiger partial charge in [0.05, 0.1) is 11.4 Å². The number of aliphatic imine (C=N–C) groups is 1. The molecule has 86 valence electrons. The zero-order valence-corrected chi connectivity index (χ0v) is 9.42. The van der Waals surface area contributed by atoms with Crippen LogP contribution in [0.4, 0.5) is 5.69 Å². The number of aromatic nitrogens is 1. The van der Waals surface area contributed by atoms with E-state index in [4.69, 9.17) is 11.5 Å². The van der Waals surface area contributed by atoms with Gasteiger partial charge in [0.15, 0.2) is 0 Å². The molecular weight excluding hydrogens is 204 g/mol. The average Bonchev–Trinajstić information content (AvgIpc) is 2.24. The average molecular weight is 220 g/mol. The van der Waals surface area contributed by atoms with Crippen LogP contribution in [0.15, 0.2) is 34.3 Å². The van der Waals surface area contributed by atoms with Crippen LogP contribution in [0.25, 0.3) is 5.70 Å². The topological polar surface area (TPSA) is 86.4 Å². The molecule has 0 saturated heterocycles. The number of anilines is 1. The van der Waals surface area contributed by atoms with E-state index in [1.165, 1.54) is 10.8 Å². The van der Waals surface area contributed by atoms with Crippen molar-refractivity contribution < 1.29 is 0 Å². The molecule has 0 spiro atoms. The quantitative estimate of drug-likeness (QED) is 0.734. The van der Waals surface area contributed by atoms with E-state index in [-0.39, 0.29) is 17.3 Å². The van der Waals surface area contributed by atoms with E-state index in [1.54, 1.807) is 24.5 Å². The highest BCUT2D eigenvalue weighted by Crippen LogP contribution is 2.00. The molecule has 1 aromatic rings. The highest BCUT2D eigenvalue weighted by Gasteiger charge is 2.02. The van der Waals surface area contributed by atoms with Crippen molar-refractivity contribution in [2.24, 2.45) is 10.7 Å². The van der Waals surface area contributed by atoms with Gasteiger partial charge in [-0.3, -0.25) is 14.4 Å². The molecule has 1 rings (SSSR count). The third kappa shape index (κ3) is 2.73. The maximum absolute atomic E-state index is 11.7. The summed E-state index contributed by atoms with van der Waals surface area (Å²) in [6.45, 7) is 3.87. The third-order valence-corrected chi connectivity index (χ3v) is 1.93. The van der Waals surface area contributed by atoms with Crippen molar-refractivity contribution in [2.75, 3.05) is 5.73 Å². The van der Waals surface area contributed by atoms with E-state index in [0.717, 1.165) is 0 Å². The van der Waals surface area contributed by atoms with Gasteiger partial charge in [0, 0.05) is 24.7 Å². The van der Waals surface area contributed by atoms with Crippen molar-refractivity contribution in [3.8, 4) is 0 Å². The van der Waals surface area contributed by atoms with Gasteiger partial charge in [-0.1, -0.05) is 0 Å². The van der Waals surface area contributed by atoms with Crippen LogP contribution in [0.2, 0.25) is 0 Å². The Hall–Kier alpha value is -2.04. The maximum atomic E-state index is 11.7. The molecule has 0 aromatic carbocycles. The Labute approximate surface area is 94.1 Å². The maximum Gasteiger partial charge on any atom is 0.278 e. The first kappa shape index (κ1) is 12.0. The molecule has 0 aliphatic carbocycles. The van der Waals surface area contributed by atoms with Crippen LogP contribution in [-0.4, -0.2) is 16.8 Å². The molecule has 0 saturated carbocycles. The van der Waals surface area contributed by atoms with Gasteiger partial charge in [-0.05, 0) is 26.0 Å². The molecule has 0 unspecified atom stereocenters. The summed E-state index contributed by atoms with van der Waals surface area (Å²) >= 11 is 0. The van der Waals surface area contributed by atoms with E-state index in [9.17, 15) is 4.79 Å². The molecule has 0 fully saturated rings. The van der Waals surface area contributed by atoms with Crippen LogP contribution in [-0.2, 0) is 0 Å². The van der Waals surface area contributed by atoms with Gasteiger partial charge in [0.25, 0.3) is 5.56 Å². The summed E-state index contributed by atoms with van der Waals surface area (Å²) in [4.78, 5) is 15.9. The number of rotatable bonds is 3. The Kier molecular flexibility index (Phi) is 3.88. The number of pyridine rings is 1. The molecule has 16 heavy (non-hydrogen) atoms. The van der Waals surface area contributed by atoms with Crippen LogP contribution >= 0.6 is 0 Å². The molecule has 4 N–H and O–H groups in total. The molecule has 1 heterocycles. The van der Waals surface area contributed by atoms with E-state index >= 15 is 0 Å². The summed E-state index contributed by atoms with van der Waals surface area (Å²) in [7, 11) is 0. The lowest BCUT2D eigenvalue weighted by molar-refractivity contribution is 0.840. The molecular formula is C11H16N4O. The van der Waals surface area contributed by atoms with E-state index in [0.29, 0.717) is 5.70 Å². The van der Waals surface area contributed by atoms with Gasteiger partial charge in [0.2, 0.25) is 0 Å². The van der Waals surface area contributed by atoms with Gasteiger partial charge in [-0.15, -0.1) is 0 Å². The lowest BCUT2D eigenvalue weighted by Gasteiger charge is -2.06. The van der Waals surface area contributed by atoms with Crippen LogP contribution in [0, 0.1) is 0 Å². The Bertz CT molecular complexity index is 471. The molecule has 0 aliphatic rings. The van der Waals surface area contributed by atoms with Crippen molar-refractivity contribution in [3.63, 3.8) is 0 Å². The third-order valence-electron chi connectivity index (χ3n) is 1.93. The molecule has 1 aromatic heterocycles. The van der Waals surface area contributed by atoms with Crippen LogP contribution in [0.3, 0.4) is 0 Å². The van der Waals surface area contributed by atoms with Gasteiger partial charge in [-0.25, -0.2) is 0 Å². The number of hydrogen-bond acceptors (Lipinski definition) is 4. The van der Waals surface area contributed by atoms with Crippen molar-refractivity contribution in [1.29, 1.82) is 0 Å². The Morgan fingerprint density at radius 2 is 2.25 bits per heavy atom. The minimum atomic E-state index is -0.297. The SMILES string of the molecule is CC(C)N=C/C(=C\N)n1cccc(N)c1=O. The Morgan fingerprint density at radius 1 is 1.56 bits per heavy atom. The van der Waals surface area contributed by atoms with Crippen molar-refractivity contribution >= 4 is 17.6 Å². The monoisotopic (exact) mass is 220 g/mol. The van der Waals surface area contributed by atoms with Crippen LogP contribution in [0.5, 0.6) is 0 Å². The lowest BCUT2D eigenvalue weighted by Crippen LogP contribution is -2.22. The second kappa shape index (κ2) is 5.16. The molecule has 0 atom stereocenters. The van der Waals surface area contributed by atoms with Crippen molar-refractivity contribution in [2.45, 2.75) is 19.9 Å². The van der Waals surface area contributed by atoms with Crippen molar-refractivity contribution in [1.82, 2.24) is 4.57 Å². The van der Waals surface area contributed by atoms with Gasteiger partial charge < -0.3 is 11.5 Å². The predicted octanol–water partition coefficient (Wildman–Crippen LogP) is 0.667. The molecule has 0 amide bonds. The fourth-order valence-corrected chi connectivity index (χ4v) is 1.13. The number of nitrogens with two attached hydrogens (primary N) is 2. The van der Waals surface area contributed by atoms with Gasteiger partial charge in [-0.2, -0.15) is 0 Å². The highest BCUT2D eigenvalue weighted by atomic mass is 16.1. The lowest BCUT2D eigenvalue weighted by atomic mass is 10.3. The Balaban J connectivity index is 3.16. The second-order valence-electron chi connectivity index (χ2n) is 3.60. The number of nitrogen functional groups attached to an aromatic ring is 1. The standard InChI is InChI=1S/C11H16N4O/c1-8(2)14-7-9(6-12)15-5-3-4-10(13)11(15)16/h3-8H,12-13H2,1-2H3/b9-6+,14-7?. The first-order valence-corrected chi connectivity index (χ1v) is 4.99. The first-order valence-electron chi connectivity index (χ1n) is 4.99. The zero-order valence-electron chi connectivity index (χ0n) is 9.42. The van der Waals surface area contributed by atoms with Crippen molar-refractivity contribution in [3.05, 3.63) is 34.9 Å². The smallest absolute Gasteiger partial charge is 0.278 e. The summed E-state index contributed by atoms with van der Waals surface area (Å²) in [5.41, 5.74) is 11.4. The minimum Gasteiger partial charge on any atom is -0.403 e. The predicted molar refractivity (Wildman–Crippen MR) is 67.2 cm³/mol. The fourth-order valence-electron chi connectivity index (χ4n) is 1.13. The molecule has 0 bridgehead atoms. The van der Waals surface area contributed by atoms with E-state index in [2.05, 4.69) is 4.99 Å². The zero-order chi connectivity index (χ0) is 12.1.